The summed E-state index contributed by atoms with van der Waals surface area (Å²) in [6.07, 6.45) is 4.77. The molecule has 2 N–H and O–H groups in total. The maximum Gasteiger partial charge on any atom is 0.306 e. The number of sulfone groups is 1. The molecule has 25 heavy (non-hydrogen) atoms. The van der Waals surface area contributed by atoms with E-state index in [1.807, 2.05) is 0 Å². The van der Waals surface area contributed by atoms with Gasteiger partial charge in [0.15, 0.2) is 5.69 Å². The number of pyridine rings is 1. The Hall–Kier alpha value is -2.42. The van der Waals surface area contributed by atoms with Gasteiger partial charge in [0.2, 0.25) is 15.0 Å². The summed E-state index contributed by atoms with van der Waals surface area (Å²) in [5.74, 6) is -1.61. The Morgan fingerprint density at radius 3 is 2.52 bits per heavy atom. The van der Waals surface area contributed by atoms with E-state index in [4.69, 9.17) is 5.11 Å². The van der Waals surface area contributed by atoms with Crippen LogP contribution in [-0.2, 0) is 14.6 Å². The lowest BCUT2D eigenvalue weighted by Gasteiger charge is -2.26. The van der Waals surface area contributed by atoms with Gasteiger partial charge in [-0.15, -0.1) is 0 Å². The summed E-state index contributed by atoms with van der Waals surface area (Å²) in [4.78, 5) is 27.6. The van der Waals surface area contributed by atoms with E-state index >= 15 is 0 Å². The molecule has 0 atom stereocenters. The van der Waals surface area contributed by atoms with Gasteiger partial charge in [0.1, 0.15) is 0 Å². The van der Waals surface area contributed by atoms with Crippen molar-refractivity contribution in [3.8, 4) is 0 Å². The number of carboxylic acid groups (broad SMARTS) is 1. The number of carbonyl (C=O) groups is 2. The molecule has 3 rings (SSSR count). The number of imidazole rings is 1. The average molecular weight is 365 g/mol. The van der Waals surface area contributed by atoms with Crippen molar-refractivity contribution in [1.82, 2.24) is 14.7 Å². The largest absolute Gasteiger partial charge is 0.481 e. The van der Waals surface area contributed by atoms with Crippen molar-refractivity contribution in [2.75, 3.05) is 6.26 Å². The maximum atomic E-state index is 12.6. The molecule has 1 aliphatic rings. The van der Waals surface area contributed by atoms with Crippen LogP contribution in [0.5, 0.6) is 0 Å². The Balaban J connectivity index is 1.83. The molecule has 0 radical (unpaired) electrons. The normalized spacial score (nSPS) is 21.2. The predicted molar refractivity (Wildman–Crippen MR) is 89.1 cm³/mol. The zero-order chi connectivity index (χ0) is 18.2. The van der Waals surface area contributed by atoms with E-state index in [-0.39, 0.29) is 22.8 Å². The Kier molecular flexibility index (Phi) is 4.51. The molecule has 134 valence electrons. The smallest absolute Gasteiger partial charge is 0.306 e. The highest BCUT2D eigenvalue weighted by atomic mass is 32.2. The van der Waals surface area contributed by atoms with Gasteiger partial charge in [0.25, 0.3) is 5.91 Å². The van der Waals surface area contributed by atoms with Crippen molar-refractivity contribution in [2.45, 2.75) is 36.9 Å². The van der Waals surface area contributed by atoms with Gasteiger partial charge in [-0.2, -0.15) is 0 Å². The van der Waals surface area contributed by atoms with Crippen LogP contribution in [0.3, 0.4) is 0 Å². The monoisotopic (exact) mass is 365 g/mol. The van der Waals surface area contributed by atoms with Gasteiger partial charge < -0.3 is 10.4 Å². The third kappa shape index (κ3) is 3.51. The van der Waals surface area contributed by atoms with Gasteiger partial charge in [-0.25, -0.2) is 13.4 Å². The number of hydrogen-bond acceptors (Lipinski definition) is 5. The van der Waals surface area contributed by atoms with Gasteiger partial charge in [-0.3, -0.25) is 14.0 Å². The summed E-state index contributed by atoms with van der Waals surface area (Å²) < 4.78 is 25.2. The van der Waals surface area contributed by atoms with Crippen molar-refractivity contribution < 1.29 is 23.1 Å². The predicted octanol–water partition coefficient (Wildman–Crippen LogP) is 1.11. The van der Waals surface area contributed by atoms with Crippen LogP contribution in [0.1, 0.15) is 36.2 Å². The number of carboxylic acids is 1. The quantitative estimate of drug-likeness (QED) is 0.838. The molecule has 8 nitrogen and oxygen atoms in total. The minimum atomic E-state index is -3.59. The second-order valence-electron chi connectivity index (χ2n) is 6.33. The fourth-order valence-corrected chi connectivity index (χ4v) is 3.95. The summed E-state index contributed by atoms with van der Waals surface area (Å²) in [6, 6.07) is 4.87. The van der Waals surface area contributed by atoms with E-state index in [2.05, 4.69) is 10.3 Å². The summed E-state index contributed by atoms with van der Waals surface area (Å²) in [7, 11) is -3.59. The number of nitrogens with one attached hydrogen (secondary N) is 1. The highest BCUT2D eigenvalue weighted by Gasteiger charge is 2.29. The van der Waals surface area contributed by atoms with Crippen LogP contribution in [-0.4, -0.2) is 47.1 Å². The van der Waals surface area contributed by atoms with Crippen molar-refractivity contribution in [2.24, 2.45) is 5.92 Å². The van der Waals surface area contributed by atoms with Crippen molar-refractivity contribution in [3.05, 3.63) is 30.1 Å². The lowest BCUT2D eigenvalue weighted by atomic mass is 9.86. The zero-order valence-electron chi connectivity index (χ0n) is 13.7. The molecule has 1 amide bonds. The van der Waals surface area contributed by atoms with E-state index in [0.29, 0.717) is 31.2 Å². The maximum absolute atomic E-state index is 12.6. The van der Waals surface area contributed by atoms with Crippen LogP contribution in [0.2, 0.25) is 0 Å². The molecule has 0 unspecified atom stereocenters. The lowest BCUT2D eigenvalue weighted by Crippen LogP contribution is -2.39. The number of fused-ring (bicyclic) bond motifs is 1. The van der Waals surface area contributed by atoms with Crippen molar-refractivity contribution in [3.63, 3.8) is 0 Å². The summed E-state index contributed by atoms with van der Waals surface area (Å²) in [5, 5.41) is 11.7. The highest BCUT2D eigenvalue weighted by Crippen LogP contribution is 2.25. The minimum Gasteiger partial charge on any atom is -0.481 e. The summed E-state index contributed by atoms with van der Waals surface area (Å²) in [6.45, 7) is 0. The van der Waals surface area contributed by atoms with Gasteiger partial charge in [0.05, 0.1) is 11.4 Å². The topological polar surface area (TPSA) is 118 Å². The third-order valence-corrected chi connectivity index (χ3v) is 5.43. The van der Waals surface area contributed by atoms with Gasteiger partial charge in [-0.1, -0.05) is 6.07 Å². The highest BCUT2D eigenvalue weighted by molar-refractivity contribution is 7.90. The first-order chi connectivity index (χ1) is 11.8. The van der Waals surface area contributed by atoms with Gasteiger partial charge >= 0.3 is 5.97 Å². The van der Waals surface area contributed by atoms with E-state index in [1.54, 1.807) is 24.4 Å². The number of aromatic nitrogens is 2. The van der Waals surface area contributed by atoms with Crippen LogP contribution in [0.25, 0.3) is 5.52 Å². The second kappa shape index (κ2) is 6.47. The molecule has 2 aromatic rings. The summed E-state index contributed by atoms with van der Waals surface area (Å²) in [5.41, 5.74) is 0.473. The third-order valence-electron chi connectivity index (χ3n) is 4.47. The number of nitrogens with zero attached hydrogens (tertiary/aromatic N) is 2. The molecule has 1 saturated carbocycles. The Morgan fingerprint density at radius 2 is 1.92 bits per heavy atom. The first kappa shape index (κ1) is 17.4. The molecule has 0 aromatic carbocycles. The van der Waals surface area contributed by atoms with Crippen molar-refractivity contribution >= 4 is 27.2 Å². The van der Waals surface area contributed by atoms with E-state index < -0.39 is 21.7 Å². The second-order valence-corrected chi connectivity index (χ2v) is 8.24. The molecule has 0 bridgehead atoms. The summed E-state index contributed by atoms with van der Waals surface area (Å²) >= 11 is 0. The molecule has 2 aromatic heterocycles. The number of rotatable bonds is 4. The van der Waals surface area contributed by atoms with E-state index in [9.17, 15) is 18.0 Å². The Labute approximate surface area is 144 Å². The first-order valence-corrected chi connectivity index (χ1v) is 9.87. The van der Waals surface area contributed by atoms with Gasteiger partial charge in [0, 0.05) is 18.5 Å². The Morgan fingerprint density at radius 1 is 1.24 bits per heavy atom. The number of hydrogen-bond donors (Lipinski definition) is 2. The fourth-order valence-electron chi connectivity index (χ4n) is 3.18. The van der Waals surface area contributed by atoms with Gasteiger partial charge in [-0.05, 0) is 37.8 Å². The van der Waals surface area contributed by atoms with Crippen LogP contribution in [0.4, 0.5) is 0 Å². The molecule has 0 spiro atoms. The van der Waals surface area contributed by atoms with Crippen LogP contribution in [0, 0.1) is 5.92 Å². The number of aliphatic carboxylic acids is 1. The standard InChI is InChI=1S/C16H19N3O5S/c1-25(23,24)16-18-13(12-4-2-3-9-19(12)16)14(20)17-11-7-5-10(6-8-11)15(21)22/h2-4,9-11H,5-8H2,1H3,(H,17,20)(H,21,22). The number of amides is 1. The minimum absolute atomic E-state index is 0.0568. The van der Waals surface area contributed by atoms with Crippen LogP contribution >= 0.6 is 0 Å². The fraction of sp³-hybridized carbons (Fsp3) is 0.438. The number of carbonyl (C=O) groups excluding carboxylic acids is 1. The molecular weight excluding hydrogens is 346 g/mol. The zero-order valence-corrected chi connectivity index (χ0v) is 14.5. The SMILES string of the molecule is CS(=O)(=O)c1nc(C(=O)NC2CCC(C(=O)O)CC2)c2ccccn12. The molecule has 9 heteroatoms. The molecule has 1 fully saturated rings. The lowest BCUT2D eigenvalue weighted by molar-refractivity contribution is -0.142. The molecular formula is C16H19N3O5S. The molecule has 1 aliphatic carbocycles. The van der Waals surface area contributed by atoms with Crippen LogP contribution in [0.15, 0.2) is 29.6 Å². The molecule has 2 heterocycles. The average Bonchev–Trinajstić information content (AvgIpc) is 2.95. The first-order valence-electron chi connectivity index (χ1n) is 7.98. The van der Waals surface area contributed by atoms with E-state index in [0.717, 1.165) is 6.26 Å². The van der Waals surface area contributed by atoms with E-state index in [1.165, 1.54) is 4.40 Å². The molecule has 0 saturated heterocycles. The molecule has 0 aliphatic heterocycles. The Bertz CT molecular complexity index is 926. The van der Waals surface area contributed by atoms with Crippen molar-refractivity contribution in [1.29, 1.82) is 0 Å². The van der Waals surface area contributed by atoms with Crippen LogP contribution < -0.4 is 5.32 Å².